The molecule has 4 heteroatoms. The van der Waals surface area contributed by atoms with Crippen LogP contribution in [0.3, 0.4) is 0 Å². The Morgan fingerprint density at radius 2 is 2.15 bits per heavy atom. The molecule has 0 atom stereocenters. The van der Waals surface area contributed by atoms with Crippen molar-refractivity contribution >= 4 is 5.97 Å². The Balaban J connectivity index is 2.27. The van der Waals surface area contributed by atoms with E-state index >= 15 is 0 Å². The minimum absolute atomic E-state index is 0.292. The molecule has 106 valence electrons. The topological polar surface area (TPSA) is 44.1 Å². The highest BCUT2D eigenvalue weighted by Gasteiger charge is 2.17. The van der Waals surface area contributed by atoms with Crippen LogP contribution in [0.2, 0.25) is 0 Å². The average Bonchev–Trinajstić information content (AvgIpc) is 2.82. The van der Waals surface area contributed by atoms with Crippen molar-refractivity contribution in [2.75, 3.05) is 6.61 Å². The molecule has 0 amide bonds. The number of carbonyl (C=O) groups excluding carboxylic acids is 1. The Morgan fingerprint density at radius 3 is 2.80 bits per heavy atom. The molecule has 0 aliphatic heterocycles. The van der Waals surface area contributed by atoms with Gasteiger partial charge < -0.3 is 4.74 Å². The highest BCUT2D eigenvalue weighted by atomic mass is 16.5. The number of benzene rings is 1. The molecule has 0 spiro atoms. The number of aryl methyl sites for hydroxylation is 1. The maximum atomic E-state index is 11.9. The molecule has 2 aromatic rings. The molecule has 2 rings (SSSR count). The van der Waals surface area contributed by atoms with E-state index in [9.17, 15) is 4.79 Å². The van der Waals surface area contributed by atoms with Gasteiger partial charge in [0.1, 0.15) is 5.56 Å². The summed E-state index contributed by atoms with van der Waals surface area (Å²) in [6.45, 7) is 6.94. The minimum atomic E-state index is -0.292. The summed E-state index contributed by atoms with van der Waals surface area (Å²) in [5.74, 6) is -0.292. The second-order valence-corrected chi connectivity index (χ2v) is 4.73. The van der Waals surface area contributed by atoms with E-state index in [1.165, 1.54) is 11.1 Å². The molecule has 0 saturated heterocycles. The highest BCUT2D eigenvalue weighted by molar-refractivity contribution is 5.90. The predicted octanol–water partition coefficient (Wildman–Crippen LogP) is 2.98. The van der Waals surface area contributed by atoms with Gasteiger partial charge in [-0.2, -0.15) is 5.10 Å². The van der Waals surface area contributed by atoms with E-state index in [-0.39, 0.29) is 5.97 Å². The number of ether oxygens (including phenoxy) is 1. The zero-order valence-corrected chi connectivity index (χ0v) is 12.2. The van der Waals surface area contributed by atoms with Crippen LogP contribution in [0.4, 0.5) is 0 Å². The first-order chi connectivity index (χ1) is 9.65. The van der Waals surface area contributed by atoms with Crippen LogP contribution in [-0.2, 0) is 17.7 Å². The summed E-state index contributed by atoms with van der Waals surface area (Å²) in [5.41, 5.74) is 3.89. The van der Waals surface area contributed by atoms with Gasteiger partial charge in [-0.15, -0.1) is 0 Å². The number of esters is 1. The second-order valence-electron chi connectivity index (χ2n) is 4.73. The van der Waals surface area contributed by atoms with Gasteiger partial charge in [0, 0.05) is 0 Å². The van der Waals surface area contributed by atoms with E-state index < -0.39 is 0 Å². The molecule has 1 aromatic heterocycles. The molecule has 0 aliphatic carbocycles. The normalized spacial score (nSPS) is 10.6. The van der Waals surface area contributed by atoms with Crippen molar-refractivity contribution in [3.63, 3.8) is 0 Å². The Labute approximate surface area is 119 Å². The van der Waals surface area contributed by atoms with Gasteiger partial charge in [-0.3, -0.25) is 4.68 Å². The molecule has 0 radical (unpaired) electrons. The number of rotatable bonds is 5. The van der Waals surface area contributed by atoms with Crippen molar-refractivity contribution in [1.82, 2.24) is 9.78 Å². The Kier molecular flexibility index (Phi) is 4.56. The van der Waals surface area contributed by atoms with Crippen LogP contribution in [-0.4, -0.2) is 22.4 Å². The molecule has 0 bridgehead atoms. The van der Waals surface area contributed by atoms with Crippen LogP contribution in [0.15, 0.2) is 30.5 Å². The van der Waals surface area contributed by atoms with Crippen LogP contribution < -0.4 is 0 Å². The molecule has 1 heterocycles. The maximum Gasteiger partial charge on any atom is 0.341 e. The van der Waals surface area contributed by atoms with Crippen molar-refractivity contribution in [3.8, 4) is 0 Å². The summed E-state index contributed by atoms with van der Waals surface area (Å²) in [4.78, 5) is 11.9. The van der Waals surface area contributed by atoms with E-state index in [0.717, 1.165) is 12.1 Å². The summed E-state index contributed by atoms with van der Waals surface area (Å²) in [6.07, 6.45) is 2.35. The van der Waals surface area contributed by atoms with Crippen molar-refractivity contribution in [2.45, 2.75) is 33.7 Å². The fraction of sp³-hybridized carbons (Fsp3) is 0.375. The number of carbonyl (C=O) groups is 1. The van der Waals surface area contributed by atoms with Gasteiger partial charge in [0.05, 0.1) is 25.0 Å². The third kappa shape index (κ3) is 3.07. The highest BCUT2D eigenvalue weighted by Crippen LogP contribution is 2.14. The Morgan fingerprint density at radius 1 is 1.35 bits per heavy atom. The SMILES string of the molecule is CCOC(=O)c1cnn(Cc2cccc(C)c2)c1CC. The van der Waals surface area contributed by atoms with Gasteiger partial charge in [0.15, 0.2) is 0 Å². The third-order valence-electron chi connectivity index (χ3n) is 3.19. The number of aromatic nitrogens is 2. The van der Waals surface area contributed by atoms with Gasteiger partial charge in [-0.05, 0) is 25.8 Å². The van der Waals surface area contributed by atoms with Crippen LogP contribution >= 0.6 is 0 Å². The van der Waals surface area contributed by atoms with Gasteiger partial charge in [0.25, 0.3) is 0 Å². The molecular weight excluding hydrogens is 252 g/mol. The fourth-order valence-electron chi connectivity index (χ4n) is 2.28. The van der Waals surface area contributed by atoms with Crippen molar-refractivity contribution in [2.24, 2.45) is 0 Å². The lowest BCUT2D eigenvalue weighted by Gasteiger charge is -2.08. The Bertz CT molecular complexity index is 602. The third-order valence-corrected chi connectivity index (χ3v) is 3.19. The zero-order chi connectivity index (χ0) is 14.5. The number of hydrogen-bond donors (Lipinski definition) is 0. The van der Waals surface area contributed by atoms with Gasteiger partial charge in [0.2, 0.25) is 0 Å². The van der Waals surface area contributed by atoms with Crippen LogP contribution in [0, 0.1) is 6.92 Å². The molecule has 0 aliphatic rings. The molecule has 0 fully saturated rings. The lowest BCUT2D eigenvalue weighted by Crippen LogP contribution is -2.10. The lowest BCUT2D eigenvalue weighted by atomic mass is 10.1. The molecule has 0 unspecified atom stereocenters. The summed E-state index contributed by atoms with van der Waals surface area (Å²) >= 11 is 0. The van der Waals surface area contributed by atoms with E-state index in [1.54, 1.807) is 13.1 Å². The second kappa shape index (κ2) is 6.37. The summed E-state index contributed by atoms with van der Waals surface area (Å²) < 4.78 is 6.94. The summed E-state index contributed by atoms with van der Waals surface area (Å²) in [5, 5.41) is 4.33. The first kappa shape index (κ1) is 14.3. The zero-order valence-electron chi connectivity index (χ0n) is 12.2. The summed E-state index contributed by atoms with van der Waals surface area (Å²) in [7, 11) is 0. The van der Waals surface area contributed by atoms with E-state index in [4.69, 9.17) is 4.74 Å². The fourth-order valence-corrected chi connectivity index (χ4v) is 2.28. The van der Waals surface area contributed by atoms with E-state index in [0.29, 0.717) is 18.7 Å². The monoisotopic (exact) mass is 272 g/mol. The smallest absolute Gasteiger partial charge is 0.341 e. The predicted molar refractivity (Wildman–Crippen MR) is 77.8 cm³/mol. The molecule has 0 saturated carbocycles. The molecule has 4 nitrogen and oxygen atoms in total. The van der Waals surface area contributed by atoms with E-state index in [2.05, 4.69) is 30.2 Å². The van der Waals surface area contributed by atoms with E-state index in [1.807, 2.05) is 17.7 Å². The summed E-state index contributed by atoms with van der Waals surface area (Å²) in [6, 6.07) is 8.30. The van der Waals surface area contributed by atoms with Crippen LogP contribution in [0.25, 0.3) is 0 Å². The molecule has 1 aromatic carbocycles. The lowest BCUT2D eigenvalue weighted by molar-refractivity contribution is 0.0525. The first-order valence-electron chi connectivity index (χ1n) is 6.93. The standard InChI is InChI=1S/C16H20N2O2/c1-4-15-14(16(19)20-5-2)10-17-18(15)11-13-8-6-7-12(3)9-13/h6-10H,4-5,11H2,1-3H3. The van der Waals surface area contributed by atoms with Gasteiger partial charge >= 0.3 is 5.97 Å². The van der Waals surface area contributed by atoms with Crippen molar-refractivity contribution in [3.05, 3.63) is 52.8 Å². The van der Waals surface area contributed by atoms with Crippen molar-refractivity contribution in [1.29, 1.82) is 0 Å². The van der Waals surface area contributed by atoms with Gasteiger partial charge in [-0.1, -0.05) is 36.8 Å². The largest absolute Gasteiger partial charge is 0.462 e. The average molecular weight is 272 g/mol. The van der Waals surface area contributed by atoms with Crippen molar-refractivity contribution < 1.29 is 9.53 Å². The quantitative estimate of drug-likeness (QED) is 0.786. The van der Waals surface area contributed by atoms with Crippen LogP contribution in [0.5, 0.6) is 0 Å². The molecular formula is C16H20N2O2. The number of nitrogens with zero attached hydrogens (tertiary/aromatic N) is 2. The Hall–Kier alpha value is -2.10. The van der Waals surface area contributed by atoms with Crippen LogP contribution in [0.1, 0.15) is 41.0 Å². The maximum absolute atomic E-state index is 11.9. The first-order valence-corrected chi connectivity index (χ1v) is 6.93. The van der Waals surface area contributed by atoms with Gasteiger partial charge in [-0.25, -0.2) is 4.79 Å². The minimum Gasteiger partial charge on any atom is -0.462 e. The molecule has 20 heavy (non-hydrogen) atoms. The molecule has 0 N–H and O–H groups in total. The number of hydrogen-bond acceptors (Lipinski definition) is 3.